The first-order chi connectivity index (χ1) is 13.5. The van der Waals surface area contributed by atoms with Gasteiger partial charge in [-0.3, -0.25) is 9.59 Å². The Balaban J connectivity index is 1.47. The molecule has 4 rings (SSSR count). The SMILES string of the molecule is O=C1NC(CCc2ccccc2)C(O)=C1C(=O)N[C@H]1c2ccccc2C[C@@H]1O. The number of aliphatic hydroxyl groups excluding tert-OH is 2. The fourth-order valence-electron chi connectivity index (χ4n) is 3.93. The van der Waals surface area contributed by atoms with Gasteiger partial charge in [0.15, 0.2) is 0 Å². The van der Waals surface area contributed by atoms with E-state index in [-0.39, 0.29) is 11.3 Å². The van der Waals surface area contributed by atoms with E-state index in [2.05, 4.69) is 10.6 Å². The predicted molar refractivity (Wildman–Crippen MR) is 103 cm³/mol. The van der Waals surface area contributed by atoms with Crippen molar-refractivity contribution in [2.45, 2.75) is 37.5 Å². The number of hydrogen-bond acceptors (Lipinski definition) is 4. The van der Waals surface area contributed by atoms with Crippen LogP contribution in [0.2, 0.25) is 0 Å². The van der Waals surface area contributed by atoms with Crippen LogP contribution in [0.4, 0.5) is 0 Å². The number of benzene rings is 2. The molecule has 1 heterocycles. The fourth-order valence-corrected chi connectivity index (χ4v) is 3.93. The third-order valence-electron chi connectivity index (χ3n) is 5.40. The summed E-state index contributed by atoms with van der Waals surface area (Å²) in [6, 6.07) is 16.0. The molecule has 1 unspecified atom stereocenters. The number of rotatable bonds is 5. The van der Waals surface area contributed by atoms with Crippen LogP contribution in [-0.2, 0) is 22.4 Å². The number of carbonyl (C=O) groups is 2. The third kappa shape index (κ3) is 3.39. The maximum Gasteiger partial charge on any atom is 0.261 e. The van der Waals surface area contributed by atoms with Crippen LogP contribution in [0, 0.1) is 0 Å². The van der Waals surface area contributed by atoms with Gasteiger partial charge in [0.1, 0.15) is 11.3 Å². The van der Waals surface area contributed by atoms with Crippen molar-refractivity contribution >= 4 is 11.8 Å². The zero-order chi connectivity index (χ0) is 19.7. The molecule has 144 valence electrons. The minimum Gasteiger partial charge on any atom is -0.509 e. The first kappa shape index (κ1) is 18.3. The Hall–Kier alpha value is -3.12. The van der Waals surface area contributed by atoms with Crippen molar-refractivity contribution < 1.29 is 19.8 Å². The molecule has 2 aromatic carbocycles. The summed E-state index contributed by atoms with van der Waals surface area (Å²) in [7, 11) is 0. The summed E-state index contributed by atoms with van der Waals surface area (Å²) in [6.07, 6.45) is 0.840. The number of hydrogen-bond donors (Lipinski definition) is 4. The van der Waals surface area contributed by atoms with Gasteiger partial charge in [0.25, 0.3) is 11.8 Å². The summed E-state index contributed by atoms with van der Waals surface area (Å²) in [5.74, 6) is -1.49. The Morgan fingerprint density at radius 3 is 2.61 bits per heavy atom. The maximum atomic E-state index is 12.7. The molecule has 6 heteroatoms. The molecule has 2 aliphatic rings. The van der Waals surface area contributed by atoms with E-state index in [1.165, 1.54) is 0 Å². The number of carbonyl (C=O) groups excluding carboxylic acids is 2. The highest BCUT2D eigenvalue weighted by Gasteiger charge is 2.39. The zero-order valence-electron chi connectivity index (χ0n) is 15.3. The third-order valence-corrected chi connectivity index (χ3v) is 5.40. The Kier molecular flexibility index (Phi) is 4.88. The van der Waals surface area contributed by atoms with Crippen molar-refractivity contribution in [1.82, 2.24) is 10.6 Å². The van der Waals surface area contributed by atoms with Crippen LogP contribution < -0.4 is 10.6 Å². The first-order valence-corrected chi connectivity index (χ1v) is 9.39. The van der Waals surface area contributed by atoms with Crippen LogP contribution in [0.3, 0.4) is 0 Å². The van der Waals surface area contributed by atoms with Crippen molar-refractivity contribution in [3.8, 4) is 0 Å². The second kappa shape index (κ2) is 7.48. The Labute approximate surface area is 162 Å². The maximum absolute atomic E-state index is 12.7. The molecule has 0 radical (unpaired) electrons. The monoisotopic (exact) mass is 378 g/mol. The van der Waals surface area contributed by atoms with Crippen molar-refractivity contribution in [2.24, 2.45) is 0 Å². The number of aryl methyl sites for hydroxylation is 1. The van der Waals surface area contributed by atoms with E-state index < -0.39 is 30.0 Å². The Bertz CT molecular complexity index is 939. The van der Waals surface area contributed by atoms with Gasteiger partial charge in [-0.1, -0.05) is 54.6 Å². The molecule has 0 saturated heterocycles. The Morgan fingerprint density at radius 1 is 1.11 bits per heavy atom. The summed E-state index contributed by atoms with van der Waals surface area (Å²) in [6.45, 7) is 0. The second-order valence-electron chi connectivity index (χ2n) is 7.23. The standard InChI is InChI=1S/C22H22N2O4/c25-17-12-14-8-4-5-9-15(14)19(17)24-22(28)18-20(26)16(23-21(18)27)11-10-13-6-2-1-3-7-13/h1-9,16-17,19,25-26H,10-12H2,(H,23,27)(H,24,28)/t16?,17-,19-/m0/s1. The van der Waals surface area contributed by atoms with Gasteiger partial charge >= 0.3 is 0 Å². The average Bonchev–Trinajstić information content (AvgIpc) is 3.16. The molecular weight excluding hydrogens is 356 g/mol. The van der Waals surface area contributed by atoms with E-state index >= 15 is 0 Å². The number of fused-ring (bicyclic) bond motifs is 1. The lowest BCUT2D eigenvalue weighted by Crippen LogP contribution is -2.37. The lowest BCUT2D eigenvalue weighted by atomic mass is 10.0. The van der Waals surface area contributed by atoms with Gasteiger partial charge in [-0.05, 0) is 29.5 Å². The predicted octanol–water partition coefficient (Wildman–Crippen LogP) is 1.70. The molecule has 0 aromatic heterocycles. The highest BCUT2D eigenvalue weighted by molar-refractivity contribution is 6.20. The smallest absolute Gasteiger partial charge is 0.261 e. The minimum atomic E-state index is -0.762. The van der Waals surface area contributed by atoms with Gasteiger partial charge in [-0.15, -0.1) is 0 Å². The second-order valence-corrected chi connectivity index (χ2v) is 7.23. The normalized spacial score (nSPS) is 23.5. The van der Waals surface area contributed by atoms with E-state index in [1.807, 2.05) is 54.6 Å². The topological polar surface area (TPSA) is 98.7 Å². The van der Waals surface area contributed by atoms with Crippen molar-refractivity contribution in [1.29, 1.82) is 0 Å². The van der Waals surface area contributed by atoms with E-state index in [1.54, 1.807) is 0 Å². The van der Waals surface area contributed by atoms with Gasteiger partial charge in [-0.2, -0.15) is 0 Å². The lowest BCUT2D eigenvalue weighted by Gasteiger charge is -2.18. The molecule has 3 atom stereocenters. The van der Waals surface area contributed by atoms with Crippen molar-refractivity contribution in [2.75, 3.05) is 0 Å². The zero-order valence-corrected chi connectivity index (χ0v) is 15.3. The lowest BCUT2D eigenvalue weighted by molar-refractivity contribution is -0.124. The van der Waals surface area contributed by atoms with E-state index in [0.29, 0.717) is 19.3 Å². The molecule has 0 fully saturated rings. The number of amides is 2. The molecule has 1 aliphatic heterocycles. The number of nitrogens with one attached hydrogen (secondary N) is 2. The molecule has 2 amide bonds. The highest BCUT2D eigenvalue weighted by atomic mass is 16.3. The van der Waals surface area contributed by atoms with Crippen LogP contribution in [0.25, 0.3) is 0 Å². The van der Waals surface area contributed by atoms with Crippen LogP contribution >= 0.6 is 0 Å². The molecule has 0 spiro atoms. The van der Waals surface area contributed by atoms with E-state index in [0.717, 1.165) is 16.7 Å². The molecule has 4 N–H and O–H groups in total. The van der Waals surface area contributed by atoms with Crippen LogP contribution in [0.5, 0.6) is 0 Å². The molecule has 0 bridgehead atoms. The highest BCUT2D eigenvalue weighted by Crippen LogP contribution is 2.32. The van der Waals surface area contributed by atoms with Gasteiger partial charge in [0, 0.05) is 6.42 Å². The molecule has 6 nitrogen and oxygen atoms in total. The molecule has 2 aromatic rings. The quantitative estimate of drug-likeness (QED) is 0.595. The van der Waals surface area contributed by atoms with Crippen LogP contribution in [0.15, 0.2) is 65.9 Å². The van der Waals surface area contributed by atoms with Gasteiger partial charge < -0.3 is 20.8 Å². The number of aliphatic hydroxyl groups is 2. The van der Waals surface area contributed by atoms with Gasteiger partial charge in [0.2, 0.25) is 0 Å². The molecular formula is C22H22N2O4. The van der Waals surface area contributed by atoms with Crippen molar-refractivity contribution in [3.05, 3.63) is 82.6 Å². The summed E-state index contributed by atoms with van der Waals surface area (Å²) in [5.41, 5.74) is 2.63. The van der Waals surface area contributed by atoms with Gasteiger partial charge in [0.05, 0.1) is 18.2 Å². The van der Waals surface area contributed by atoms with Crippen LogP contribution in [0.1, 0.15) is 29.2 Å². The molecule has 28 heavy (non-hydrogen) atoms. The Morgan fingerprint density at radius 2 is 1.82 bits per heavy atom. The van der Waals surface area contributed by atoms with Gasteiger partial charge in [-0.25, -0.2) is 0 Å². The fraction of sp³-hybridized carbons (Fsp3) is 0.273. The van der Waals surface area contributed by atoms with E-state index in [9.17, 15) is 19.8 Å². The largest absolute Gasteiger partial charge is 0.509 e. The summed E-state index contributed by atoms with van der Waals surface area (Å²) >= 11 is 0. The summed E-state index contributed by atoms with van der Waals surface area (Å²) in [5, 5.41) is 26.2. The summed E-state index contributed by atoms with van der Waals surface area (Å²) in [4.78, 5) is 25.0. The minimum absolute atomic E-state index is 0.237. The average molecular weight is 378 g/mol. The molecule has 1 aliphatic carbocycles. The van der Waals surface area contributed by atoms with Crippen molar-refractivity contribution in [3.63, 3.8) is 0 Å². The first-order valence-electron chi connectivity index (χ1n) is 9.39. The van der Waals surface area contributed by atoms with E-state index in [4.69, 9.17) is 0 Å². The van der Waals surface area contributed by atoms with Crippen LogP contribution in [-0.4, -0.2) is 34.2 Å². The summed E-state index contributed by atoms with van der Waals surface area (Å²) < 4.78 is 0. The molecule has 0 saturated carbocycles.